The summed E-state index contributed by atoms with van der Waals surface area (Å²) in [7, 11) is 0. The number of rotatable bonds is 11. The fourth-order valence-electron chi connectivity index (χ4n) is 2.82. The number of guanidine groups is 1. The minimum atomic E-state index is 0.255. The lowest BCUT2D eigenvalue weighted by atomic mass is 9.94. The van der Waals surface area contributed by atoms with Crippen LogP contribution in [0.1, 0.15) is 45.4 Å². The number of nitrogens with zero attached hydrogens (tertiary/aromatic N) is 1. The maximum absolute atomic E-state index is 9.24. The van der Waals surface area contributed by atoms with E-state index in [1.165, 1.54) is 4.88 Å². The van der Waals surface area contributed by atoms with E-state index in [2.05, 4.69) is 55.8 Å². The van der Waals surface area contributed by atoms with E-state index in [1.54, 1.807) is 0 Å². The van der Waals surface area contributed by atoms with Crippen LogP contribution in [0.25, 0.3) is 0 Å². The SMILES string of the molecule is CCNC(=NCC(C)Cc1cccs1)NCC(CCO)CC(C)C. The van der Waals surface area contributed by atoms with Crippen LogP contribution in [0.3, 0.4) is 0 Å². The van der Waals surface area contributed by atoms with E-state index in [9.17, 15) is 5.11 Å². The molecule has 2 unspecified atom stereocenters. The average molecular weight is 354 g/mol. The van der Waals surface area contributed by atoms with Crippen LogP contribution in [0.4, 0.5) is 0 Å². The van der Waals surface area contributed by atoms with Gasteiger partial charge in [-0.05, 0) is 55.4 Å². The highest BCUT2D eigenvalue weighted by Crippen LogP contribution is 2.15. The Labute approximate surface area is 151 Å². The molecule has 1 aromatic rings. The Morgan fingerprint density at radius 2 is 2.08 bits per heavy atom. The van der Waals surface area contributed by atoms with Gasteiger partial charge in [0.1, 0.15) is 0 Å². The third kappa shape index (κ3) is 9.28. The quantitative estimate of drug-likeness (QED) is 0.421. The van der Waals surface area contributed by atoms with Gasteiger partial charge < -0.3 is 15.7 Å². The summed E-state index contributed by atoms with van der Waals surface area (Å²) < 4.78 is 0. The maximum Gasteiger partial charge on any atom is 0.191 e. The van der Waals surface area contributed by atoms with Crippen LogP contribution in [-0.4, -0.2) is 37.3 Å². The van der Waals surface area contributed by atoms with Crippen LogP contribution < -0.4 is 10.6 Å². The van der Waals surface area contributed by atoms with Gasteiger partial charge in [0.15, 0.2) is 5.96 Å². The van der Waals surface area contributed by atoms with Gasteiger partial charge >= 0.3 is 0 Å². The normalized spacial score (nSPS) is 14.7. The first-order chi connectivity index (χ1) is 11.5. The zero-order valence-electron chi connectivity index (χ0n) is 15.7. The lowest BCUT2D eigenvalue weighted by molar-refractivity contribution is 0.243. The van der Waals surface area contributed by atoms with Gasteiger partial charge in [0.2, 0.25) is 0 Å². The van der Waals surface area contributed by atoms with E-state index in [0.29, 0.717) is 17.8 Å². The molecule has 0 aliphatic carbocycles. The summed E-state index contributed by atoms with van der Waals surface area (Å²) in [5, 5.41) is 18.2. The minimum Gasteiger partial charge on any atom is -0.396 e. The summed E-state index contributed by atoms with van der Waals surface area (Å²) in [6.45, 7) is 11.6. The van der Waals surface area contributed by atoms with E-state index in [0.717, 1.165) is 44.9 Å². The van der Waals surface area contributed by atoms with Gasteiger partial charge in [-0.3, -0.25) is 4.99 Å². The summed E-state index contributed by atoms with van der Waals surface area (Å²) in [4.78, 5) is 6.17. The van der Waals surface area contributed by atoms with Gasteiger partial charge in [0.25, 0.3) is 0 Å². The van der Waals surface area contributed by atoms with Crippen LogP contribution in [0.5, 0.6) is 0 Å². The van der Waals surface area contributed by atoms with Crippen molar-refractivity contribution in [1.29, 1.82) is 0 Å². The van der Waals surface area contributed by atoms with Crippen molar-refractivity contribution in [2.45, 2.75) is 47.0 Å². The van der Waals surface area contributed by atoms with Gasteiger partial charge in [-0.15, -0.1) is 11.3 Å². The molecule has 0 fully saturated rings. The Hall–Kier alpha value is -1.07. The van der Waals surface area contributed by atoms with E-state index < -0.39 is 0 Å². The molecule has 0 amide bonds. The predicted molar refractivity (Wildman–Crippen MR) is 106 cm³/mol. The van der Waals surface area contributed by atoms with Crippen LogP contribution in [0, 0.1) is 17.8 Å². The molecule has 0 saturated heterocycles. The Morgan fingerprint density at radius 1 is 1.29 bits per heavy atom. The highest BCUT2D eigenvalue weighted by molar-refractivity contribution is 7.09. The number of aliphatic imine (C=N–C) groups is 1. The van der Waals surface area contributed by atoms with Crippen molar-refractivity contribution in [3.63, 3.8) is 0 Å². The molecule has 5 heteroatoms. The maximum atomic E-state index is 9.24. The third-order valence-electron chi connectivity index (χ3n) is 3.94. The Morgan fingerprint density at radius 3 is 2.67 bits per heavy atom. The van der Waals surface area contributed by atoms with Crippen molar-refractivity contribution in [3.05, 3.63) is 22.4 Å². The summed E-state index contributed by atoms with van der Waals surface area (Å²) in [5.41, 5.74) is 0. The molecular formula is C19H35N3OS. The number of hydrogen-bond acceptors (Lipinski definition) is 3. The number of hydrogen-bond donors (Lipinski definition) is 3. The second-order valence-corrected chi connectivity index (χ2v) is 8.03. The molecule has 1 heterocycles. The summed E-state index contributed by atoms with van der Waals surface area (Å²) in [5.74, 6) is 2.56. The van der Waals surface area contributed by atoms with Crippen molar-refractivity contribution >= 4 is 17.3 Å². The standard InChI is InChI=1S/C19H35N3OS/c1-5-20-19(22-14-17(8-9-23)11-15(2)3)21-13-16(4)12-18-7-6-10-24-18/h6-7,10,15-17,23H,5,8-9,11-14H2,1-4H3,(H2,20,21,22). The number of thiophene rings is 1. The van der Waals surface area contributed by atoms with Gasteiger partial charge in [0.05, 0.1) is 0 Å². The molecule has 2 atom stereocenters. The molecule has 0 radical (unpaired) electrons. The molecule has 24 heavy (non-hydrogen) atoms. The molecule has 0 aromatic carbocycles. The second kappa shape index (κ2) is 12.3. The molecule has 0 saturated carbocycles. The second-order valence-electron chi connectivity index (χ2n) is 7.00. The molecule has 138 valence electrons. The topological polar surface area (TPSA) is 56.7 Å². The molecule has 4 nitrogen and oxygen atoms in total. The molecular weight excluding hydrogens is 318 g/mol. The van der Waals surface area contributed by atoms with Crippen molar-refractivity contribution in [1.82, 2.24) is 10.6 Å². The molecule has 3 N–H and O–H groups in total. The molecule has 1 rings (SSSR count). The molecule has 0 bridgehead atoms. The Balaban J connectivity index is 2.48. The molecule has 0 aliphatic rings. The van der Waals surface area contributed by atoms with E-state index in [1.807, 2.05) is 11.3 Å². The Kier molecular flexibility index (Phi) is 10.8. The molecule has 0 spiro atoms. The van der Waals surface area contributed by atoms with Gasteiger partial charge in [-0.2, -0.15) is 0 Å². The predicted octanol–water partition coefficient (Wildman–Crippen LogP) is 3.53. The minimum absolute atomic E-state index is 0.255. The highest BCUT2D eigenvalue weighted by atomic mass is 32.1. The lowest BCUT2D eigenvalue weighted by Crippen LogP contribution is -2.40. The van der Waals surface area contributed by atoms with Crippen LogP contribution in [0.2, 0.25) is 0 Å². The fourth-order valence-corrected chi connectivity index (χ4v) is 3.69. The largest absolute Gasteiger partial charge is 0.396 e. The van der Waals surface area contributed by atoms with Crippen molar-refractivity contribution in [2.75, 3.05) is 26.2 Å². The van der Waals surface area contributed by atoms with Gasteiger partial charge in [0, 0.05) is 31.1 Å². The first-order valence-electron chi connectivity index (χ1n) is 9.20. The zero-order valence-corrected chi connectivity index (χ0v) is 16.5. The lowest BCUT2D eigenvalue weighted by Gasteiger charge is -2.20. The van der Waals surface area contributed by atoms with Crippen LogP contribution in [-0.2, 0) is 6.42 Å². The van der Waals surface area contributed by atoms with Gasteiger partial charge in [-0.25, -0.2) is 0 Å². The van der Waals surface area contributed by atoms with E-state index in [4.69, 9.17) is 4.99 Å². The summed E-state index contributed by atoms with van der Waals surface area (Å²) >= 11 is 1.82. The summed E-state index contributed by atoms with van der Waals surface area (Å²) in [6.07, 6.45) is 3.06. The van der Waals surface area contributed by atoms with Crippen LogP contribution in [0.15, 0.2) is 22.5 Å². The first-order valence-corrected chi connectivity index (χ1v) is 10.1. The number of aliphatic hydroxyl groups is 1. The number of nitrogens with one attached hydrogen (secondary N) is 2. The van der Waals surface area contributed by atoms with Crippen molar-refractivity contribution < 1.29 is 5.11 Å². The molecule has 1 aromatic heterocycles. The Bertz CT molecular complexity index is 445. The van der Waals surface area contributed by atoms with Crippen molar-refractivity contribution in [2.24, 2.45) is 22.7 Å². The monoisotopic (exact) mass is 353 g/mol. The molecule has 0 aliphatic heterocycles. The van der Waals surface area contributed by atoms with E-state index in [-0.39, 0.29) is 6.61 Å². The van der Waals surface area contributed by atoms with Crippen LogP contribution >= 0.6 is 11.3 Å². The fraction of sp³-hybridized carbons (Fsp3) is 0.737. The van der Waals surface area contributed by atoms with Gasteiger partial charge in [-0.1, -0.05) is 26.8 Å². The summed E-state index contributed by atoms with van der Waals surface area (Å²) in [6, 6.07) is 4.30. The van der Waals surface area contributed by atoms with Crippen molar-refractivity contribution in [3.8, 4) is 0 Å². The smallest absolute Gasteiger partial charge is 0.191 e. The number of aliphatic hydroxyl groups excluding tert-OH is 1. The highest BCUT2D eigenvalue weighted by Gasteiger charge is 2.12. The third-order valence-corrected chi connectivity index (χ3v) is 4.83. The average Bonchev–Trinajstić information content (AvgIpc) is 3.02. The first kappa shape index (κ1) is 21.0. The zero-order chi connectivity index (χ0) is 17.8. The van der Waals surface area contributed by atoms with E-state index >= 15 is 0 Å².